The Kier molecular flexibility index (Phi) is 5.71. The molecule has 4 rings (SSSR count). The molecule has 2 aliphatic heterocycles. The summed E-state index contributed by atoms with van der Waals surface area (Å²) in [5.74, 6) is 0.301. The highest BCUT2D eigenvalue weighted by Gasteiger charge is 2.34. The lowest BCUT2D eigenvalue weighted by Crippen LogP contribution is -2.52. The molecule has 0 saturated carbocycles. The number of nitrogens with zero attached hydrogens (tertiary/aromatic N) is 2. The third-order valence-electron chi connectivity index (χ3n) is 5.46. The van der Waals surface area contributed by atoms with Crippen molar-refractivity contribution in [2.24, 2.45) is 0 Å². The lowest BCUT2D eigenvalue weighted by Gasteiger charge is -2.37. The summed E-state index contributed by atoms with van der Waals surface area (Å²) in [4.78, 5) is 29.5. The Morgan fingerprint density at radius 1 is 1.03 bits per heavy atom. The first kappa shape index (κ1) is 20.1. The molecule has 29 heavy (non-hydrogen) atoms. The van der Waals surface area contributed by atoms with E-state index in [1.807, 2.05) is 11.4 Å². The highest BCUT2D eigenvalue weighted by molar-refractivity contribution is 7.91. The predicted molar refractivity (Wildman–Crippen MR) is 113 cm³/mol. The number of benzene rings is 1. The van der Waals surface area contributed by atoms with Gasteiger partial charge >= 0.3 is 0 Å². The molecule has 7 nitrogen and oxygen atoms in total. The molecule has 1 N–H and O–H groups in total. The third-order valence-corrected chi connectivity index (χ3v) is 8.08. The number of hydrogen-bond donors (Lipinski definition) is 1. The lowest BCUT2D eigenvalue weighted by molar-refractivity contribution is 0.0588. The first-order valence-electron chi connectivity index (χ1n) is 9.60. The maximum atomic E-state index is 12.8. The van der Waals surface area contributed by atoms with E-state index >= 15 is 0 Å². The van der Waals surface area contributed by atoms with E-state index in [0.717, 1.165) is 0 Å². The van der Waals surface area contributed by atoms with Gasteiger partial charge in [0.05, 0.1) is 16.4 Å². The number of sulfone groups is 1. The molecule has 3 heterocycles. The lowest BCUT2D eigenvalue weighted by atomic mass is 10.1. The van der Waals surface area contributed by atoms with E-state index in [-0.39, 0.29) is 29.4 Å². The Bertz CT molecular complexity index is 979. The van der Waals surface area contributed by atoms with Crippen LogP contribution in [-0.4, -0.2) is 73.8 Å². The van der Waals surface area contributed by atoms with Crippen LogP contribution in [0.5, 0.6) is 0 Å². The van der Waals surface area contributed by atoms with Crippen LogP contribution in [0.4, 0.5) is 5.69 Å². The summed E-state index contributed by atoms with van der Waals surface area (Å²) in [7, 11) is -2.90. The average Bonchev–Trinajstić information content (AvgIpc) is 3.38. The SMILES string of the molecule is O=C(Nc1ccc(C(=O)N2CCN([C@H]3CCS(=O)(=O)C3)CC2)cc1)c1cccs1. The average molecular weight is 434 g/mol. The zero-order valence-corrected chi connectivity index (χ0v) is 17.5. The van der Waals surface area contributed by atoms with Crippen LogP contribution in [0, 0.1) is 0 Å². The summed E-state index contributed by atoms with van der Waals surface area (Å²) in [6, 6.07) is 10.6. The van der Waals surface area contributed by atoms with Crippen LogP contribution in [-0.2, 0) is 9.84 Å². The maximum Gasteiger partial charge on any atom is 0.265 e. The molecule has 0 unspecified atom stereocenters. The molecule has 2 aromatic rings. The van der Waals surface area contributed by atoms with Gasteiger partial charge in [-0.1, -0.05) is 6.07 Å². The Morgan fingerprint density at radius 3 is 2.34 bits per heavy atom. The smallest absolute Gasteiger partial charge is 0.265 e. The summed E-state index contributed by atoms with van der Waals surface area (Å²) in [5.41, 5.74) is 1.23. The fraction of sp³-hybridized carbons (Fsp3) is 0.400. The van der Waals surface area contributed by atoms with Gasteiger partial charge in [-0.05, 0) is 42.1 Å². The van der Waals surface area contributed by atoms with Gasteiger partial charge < -0.3 is 10.2 Å². The number of amides is 2. The zero-order chi connectivity index (χ0) is 20.4. The fourth-order valence-electron chi connectivity index (χ4n) is 3.83. The molecule has 0 spiro atoms. The summed E-state index contributed by atoms with van der Waals surface area (Å²) >= 11 is 1.38. The van der Waals surface area contributed by atoms with E-state index in [0.29, 0.717) is 48.7 Å². The van der Waals surface area contributed by atoms with Crippen molar-refractivity contribution in [3.05, 3.63) is 52.2 Å². The number of anilines is 1. The van der Waals surface area contributed by atoms with Crippen LogP contribution < -0.4 is 5.32 Å². The van der Waals surface area contributed by atoms with Gasteiger partial charge in [0.2, 0.25) is 0 Å². The molecule has 0 aliphatic carbocycles. The van der Waals surface area contributed by atoms with Crippen LogP contribution in [0.25, 0.3) is 0 Å². The van der Waals surface area contributed by atoms with Crippen molar-refractivity contribution in [1.82, 2.24) is 9.80 Å². The van der Waals surface area contributed by atoms with E-state index < -0.39 is 9.84 Å². The fourth-order valence-corrected chi connectivity index (χ4v) is 6.21. The second kappa shape index (κ2) is 8.25. The minimum atomic E-state index is -2.90. The van der Waals surface area contributed by atoms with Crippen molar-refractivity contribution in [3.63, 3.8) is 0 Å². The number of carbonyl (C=O) groups is 2. The molecule has 2 saturated heterocycles. The predicted octanol–water partition coefficient (Wildman–Crippen LogP) is 1.95. The van der Waals surface area contributed by atoms with E-state index in [2.05, 4.69) is 10.2 Å². The third kappa shape index (κ3) is 4.68. The van der Waals surface area contributed by atoms with Crippen molar-refractivity contribution in [1.29, 1.82) is 0 Å². The first-order chi connectivity index (χ1) is 13.9. The molecular weight excluding hydrogens is 410 g/mol. The second-order valence-electron chi connectivity index (χ2n) is 7.39. The van der Waals surface area contributed by atoms with Gasteiger partial charge in [0, 0.05) is 43.5 Å². The Morgan fingerprint density at radius 2 is 1.76 bits per heavy atom. The maximum absolute atomic E-state index is 12.8. The molecule has 1 aromatic carbocycles. The van der Waals surface area contributed by atoms with Crippen LogP contribution in [0.2, 0.25) is 0 Å². The van der Waals surface area contributed by atoms with Gasteiger partial charge in [-0.25, -0.2) is 8.42 Å². The molecular formula is C20H23N3O4S2. The Hall–Kier alpha value is -2.23. The van der Waals surface area contributed by atoms with E-state index in [4.69, 9.17) is 0 Å². The molecule has 0 bridgehead atoms. The monoisotopic (exact) mass is 433 g/mol. The largest absolute Gasteiger partial charge is 0.336 e. The van der Waals surface area contributed by atoms with Gasteiger partial charge in [-0.2, -0.15) is 0 Å². The topological polar surface area (TPSA) is 86.8 Å². The standard InChI is InChI=1S/C20H23N3O4S2/c24-19(18-2-1-12-28-18)21-16-5-3-15(4-6-16)20(25)23-10-8-22(9-11-23)17-7-13-29(26,27)14-17/h1-6,12,17H,7-11,13-14H2,(H,21,24)/t17-/m0/s1. The first-order valence-corrected chi connectivity index (χ1v) is 12.3. The number of piperazine rings is 1. The molecule has 2 amide bonds. The summed E-state index contributed by atoms with van der Waals surface area (Å²) in [5, 5.41) is 4.67. The molecule has 2 aliphatic rings. The number of nitrogens with one attached hydrogen (secondary N) is 1. The minimum Gasteiger partial charge on any atom is -0.336 e. The van der Waals surface area contributed by atoms with Crippen LogP contribution in [0.15, 0.2) is 41.8 Å². The van der Waals surface area contributed by atoms with E-state index in [1.165, 1.54) is 11.3 Å². The van der Waals surface area contributed by atoms with E-state index in [1.54, 1.807) is 35.2 Å². The number of thiophene rings is 1. The zero-order valence-electron chi connectivity index (χ0n) is 15.9. The molecule has 2 fully saturated rings. The highest BCUT2D eigenvalue weighted by atomic mass is 32.2. The summed E-state index contributed by atoms with van der Waals surface area (Å²) in [6.07, 6.45) is 0.689. The summed E-state index contributed by atoms with van der Waals surface area (Å²) in [6.45, 7) is 2.57. The van der Waals surface area contributed by atoms with Gasteiger partial charge in [-0.3, -0.25) is 14.5 Å². The number of carbonyl (C=O) groups excluding carboxylic acids is 2. The Labute approximate surface area is 174 Å². The molecule has 1 atom stereocenters. The minimum absolute atomic E-state index is 0.0418. The normalized spacial score (nSPS) is 21.8. The quantitative estimate of drug-likeness (QED) is 0.796. The highest BCUT2D eigenvalue weighted by Crippen LogP contribution is 2.20. The van der Waals surface area contributed by atoms with Gasteiger partial charge in [0.1, 0.15) is 0 Å². The van der Waals surface area contributed by atoms with Crippen LogP contribution in [0.1, 0.15) is 26.5 Å². The Balaban J connectivity index is 1.31. The number of hydrogen-bond acceptors (Lipinski definition) is 6. The van der Waals surface area contributed by atoms with Crippen molar-refractivity contribution in [3.8, 4) is 0 Å². The van der Waals surface area contributed by atoms with Gasteiger partial charge in [-0.15, -0.1) is 11.3 Å². The van der Waals surface area contributed by atoms with Crippen LogP contribution in [0.3, 0.4) is 0 Å². The second-order valence-corrected chi connectivity index (χ2v) is 10.6. The van der Waals surface area contributed by atoms with Crippen molar-refractivity contribution in [2.45, 2.75) is 12.5 Å². The number of rotatable bonds is 4. The molecule has 9 heteroatoms. The van der Waals surface area contributed by atoms with Gasteiger partial charge in [0.25, 0.3) is 11.8 Å². The summed E-state index contributed by atoms with van der Waals surface area (Å²) < 4.78 is 23.4. The van der Waals surface area contributed by atoms with Crippen molar-refractivity contribution in [2.75, 3.05) is 43.0 Å². The van der Waals surface area contributed by atoms with Crippen molar-refractivity contribution >= 4 is 38.7 Å². The van der Waals surface area contributed by atoms with Crippen molar-refractivity contribution < 1.29 is 18.0 Å². The molecule has 0 radical (unpaired) electrons. The molecule has 154 valence electrons. The van der Waals surface area contributed by atoms with Crippen LogP contribution >= 0.6 is 11.3 Å². The van der Waals surface area contributed by atoms with Gasteiger partial charge in [0.15, 0.2) is 9.84 Å². The van der Waals surface area contributed by atoms with E-state index in [9.17, 15) is 18.0 Å². The molecule has 1 aromatic heterocycles.